The molecule has 7 nitrogen and oxygen atoms in total. The molecule has 0 bridgehead atoms. The normalized spacial score (nSPS) is 15.0. The number of hydrogen-bond acceptors (Lipinski definition) is 7. The summed E-state index contributed by atoms with van der Waals surface area (Å²) in [4.78, 5) is 11.4. The number of nitrogens with zero attached hydrogens (tertiary/aromatic N) is 4. The highest BCUT2D eigenvalue weighted by Gasteiger charge is 2.15. The Morgan fingerprint density at radius 1 is 1.21 bits per heavy atom. The maximum absolute atomic E-state index is 5.42. The van der Waals surface area contributed by atoms with Gasteiger partial charge in [0.1, 0.15) is 11.6 Å². The molecule has 3 heterocycles. The Kier molecular flexibility index (Phi) is 4.22. The van der Waals surface area contributed by atoms with Gasteiger partial charge < -0.3 is 15.0 Å². The Balaban J connectivity index is 1.63. The van der Waals surface area contributed by atoms with Crippen molar-refractivity contribution in [3.63, 3.8) is 0 Å². The van der Waals surface area contributed by atoms with E-state index in [9.17, 15) is 0 Å². The molecule has 0 atom stereocenters. The average Bonchev–Trinajstić information content (AvgIpc) is 3.10. The van der Waals surface area contributed by atoms with Gasteiger partial charge in [-0.05, 0) is 24.5 Å². The van der Waals surface area contributed by atoms with E-state index >= 15 is 0 Å². The molecule has 1 saturated heterocycles. The van der Waals surface area contributed by atoms with Crippen molar-refractivity contribution < 1.29 is 4.74 Å². The Labute approximate surface area is 143 Å². The summed E-state index contributed by atoms with van der Waals surface area (Å²) < 4.78 is 5.42. The van der Waals surface area contributed by atoms with E-state index in [1.54, 1.807) is 11.8 Å². The number of rotatable bonds is 4. The zero-order valence-electron chi connectivity index (χ0n) is 13.3. The summed E-state index contributed by atoms with van der Waals surface area (Å²) in [6, 6.07) is 8.05. The van der Waals surface area contributed by atoms with Crippen molar-refractivity contribution in [3.8, 4) is 0 Å². The first kappa shape index (κ1) is 15.2. The van der Waals surface area contributed by atoms with Crippen LogP contribution in [0.2, 0.25) is 0 Å². The van der Waals surface area contributed by atoms with Gasteiger partial charge in [0.15, 0.2) is 5.16 Å². The van der Waals surface area contributed by atoms with E-state index in [-0.39, 0.29) is 0 Å². The molecule has 24 heavy (non-hydrogen) atoms. The molecule has 0 radical (unpaired) electrons. The molecule has 1 fully saturated rings. The Morgan fingerprint density at radius 2 is 2.08 bits per heavy atom. The monoisotopic (exact) mass is 342 g/mol. The number of anilines is 3. The third-order valence-corrected chi connectivity index (χ3v) is 4.47. The van der Waals surface area contributed by atoms with Crippen molar-refractivity contribution in [2.45, 2.75) is 5.16 Å². The third-order valence-electron chi connectivity index (χ3n) is 3.92. The largest absolute Gasteiger partial charge is 0.378 e. The maximum Gasteiger partial charge on any atom is 0.191 e. The summed E-state index contributed by atoms with van der Waals surface area (Å²) in [5.41, 5.74) is 1.99. The quantitative estimate of drug-likeness (QED) is 0.557. The standard InChI is InChI=1S/C16H18N6OS/c1-24-16-19-14(9-15(20-16)22-4-6-23-7-5-22)18-12-2-3-13-11(8-12)10-17-21-13/h2-3,8-10H,4-7H2,1H3,(H,17,21)(H,18,19,20). The molecule has 1 aliphatic rings. The molecular formula is C16H18N6OS. The number of aromatic nitrogens is 4. The van der Waals surface area contributed by atoms with E-state index in [1.807, 2.05) is 36.7 Å². The summed E-state index contributed by atoms with van der Waals surface area (Å²) in [6.07, 6.45) is 3.80. The average molecular weight is 342 g/mol. The second-order valence-electron chi connectivity index (χ2n) is 5.49. The molecule has 1 aliphatic heterocycles. The van der Waals surface area contributed by atoms with Crippen LogP contribution in [0.5, 0.6) is 0 Å². The first-order valence-corrected chi connectivity index (χ1v) is 9.00. The lowest BCUT2D eigenvalue weighted by Gasteiger charge is -2.28. The van der Waals surface area contributed by atoms with Gasteiger partial charge in [0, 0.05) is 30.2 Å². The van der Waals surface area contributed by atoms with E-state index in [4.69, 9.17) is 4.74 Å². The zero-order chi connectivity index (χ0) is 16.4. The van der Waals surface area contributed by atoms with Crippen molar-refractivity contribution in [3.05, 3.63) is 30.5 Å². The number of morpholine rings is 1. The fraction of sp³-hybridized carbons (Fsp3) is 0.312. The lowest BCUT2D eigenvalue weighted by molar-refractivity contribution is 0.122. The van der Waals surface area contributed by atoms with Crippen molar-refractivity contribution in [2.24, 2.45) is 0 Å². The van der Waals surface area contributed by atoms with Crippen LogP contribution >= 0.6 is 11.8 Å². The number of nitrogens with one attached hydrogen (secondary N) is 2. The van der Waals surface area contributed by atoms with Gasteiger partial charge in [0.2, 0.25) is 0 Å². The van der Waals surface area contributed by atoms with Gasteiger partial charge in [0.05, 0.1) is 24.9 Å². The minimum Gasteiger partial charge on any atom is -0.378 e. The summed E-state index contributed by atoms with van der Waals surface area (Å²) >= 11 is 1.54. The van der Waals surface area contributed by atoms with Crippen LogP contribution in [0.4, 0.5) is 17.3 Å². The van der Waals surface area contributed by atoms with Crippen molar-refractivity contribution in [2.75, 3.05) is 42.8 Å². The first-order chi connectivity index (χ1) is 11.8. The number of thioether (sulfide) groups is 1. The van der Waals surface area contributed by atoms with Crippen molar-refractivity contribution in [1.29, 1.82) is 0 Å². The van der Waals surface area contributed by atoms with Crippen LogP contribution in [-0.4, -0.2) is 52.7 Å². The van der Waals surface area contributed by atoms with Crippen LogP contribution in [0.15, 0.2) is 35.6 Å². The third kappa shape index (κ3) is 3.15. The molecule has 0 spiro atoms. The Hall–Kier alpha value is -2.32. The predicted octanol–water partition coefficient (Wildman–Crippen LogP) is 2.66. The van der Waals surface area contributed by atoms with E-state index in [2.05, 4.69) is 30.4 Å². The molecule has 8 heteroatoms. The number of H-pyrrole nitrogens is 1. The molecule has 2 aromatic heterocycles. The summed E-state index contributed by atoms with van der Waals surface area (Å²) in [5.74, 6) is 1.73. The molecule has 1 aromatic carbocycles. The lowest BCUT2D eigenvalue weighted by Crippen LogP contribution is -2.36. The number of benzene rings is 1. The fourth-order valence-corrected chi connectivity index (χ4v) is 3.07. The minimum atomic E-state index is 0.735. The van der Waals surface area contributed by atoms with E-state index in [0.717, 1.165) is 59.7 Å². The van der Waals surface area contributed by atoms with Crippen molar-refractivity contribution >= 4 is 40.0 Å². The van der Waals surface area contributed by atoms with Gasteiger partial charge >= 0.3 is 0 Å². The molecular weight excluding hydrogens is 324 g/mol. The van der Waals surface area contributed by atoms with Gasteiger partial charge in [0.25, 0.3) is 0 Å². The van der Waals surface area contributed by atoms with Crippen LogP contribution in [0.3, 0.4) is 0 Å². The number of fused-ring (bicyclic) bond motifs is 1. The highest BCUT2D eigenvalue weighted by molar-refractivity contribution is 7.98. The summed E-state index contributed by atoms with van der Waals surface area (Å²) in [7, 11) is 0. The zero-order valence-corrected chi connectivity index (χ0v) is 14.1. The highest BCUT2D eigenvalue weighted by Crippen LogP contribution is 2.25. The van der Waals surface area contributed by atoms with Gasteiger partial charge in [-0.2, -0.15) is 5.10 Å². The van der Waals surface area contributed by atoms with Crippen LogP contribution < -0.4 is 10.2 Å². The molecule has 2 N–H and O–H groups in total. The first-order valence-electron chi connectivity index (χ1n) is 7.78. The van der Waals surface area contributed by atoms with Crippen LogP contribution in [0.25, 0.3) is 10.9 Å². The molecule has 124 valence electrons. The second-order valence-corrected chi connectivity index (χ2v) is 6.27. The van der Waals surface area contributed by atoms with E-state index in [0.29, 0.717) is 0 Å². The molecule has 4 rings (SSSR count). The number of hydrogen-bond donors (Lipinski definition) is 2. The molecule has 0 unspecified atom stereocenters. The Morgan fingerprint density at radius 3 is 2.92 bits per heavy atom. The molecule has 0 amide bonds. The fourth-order valence-electron chi connectivity index (χ4n) is 2.69. The smallest absolute Gasteiger partial charge is 0.191 e. The molecule has 0 aliphatic carbocycles. The van der Waals surface area contributed by atoms with Gasteiger partial charge in [-0.15, -0.1) is 0 Å². The van der Waals surface area contributed by atoms with E-state index < -0.39 is 0 Å². The lowest BCUT2D eigenvalue weighted by atomic mass is 10.2. The van der Waals surface area contributed by atoms with Gasteiger partial charge in [-0.1, -0.05) is 11.8 Å². The van der Waals surface area contributed by atoms with Gasteiger partial charge in [-0.3, -0.25) is 5.10 Å². The summed E-state index contributed by atoms with van der Waals surface area (Å²) in [6.45, 7) is 3.17. The highest BCUT2D eigenvalue weighted by atomic mass is 32.2. The van der Waals surface area contributed by atoms with Crippen molar-refractivity contribution in [1.82, 2.24) is 20.2 Å². The summed E-state index contributed by atoms with van der Waals surface area (Å²) in [5, 5.41) is 12.2. The van der Waals surface area contributed by atoms with E-state index in [1.165, 1.54) is 0 Å². The second kappa shape index (κ2) is 6.66. The minimum absolute atomic E-state index is 0.735. The predicted molar refractivity (Wildman–Crippen MR) is 96.2 cm³/mol. The van der Waals surface area contributed by atoms with Gasteiger partial charge in [-0.25, -0.2) is 9.97 Å². The van der Waals surface area contributed by atoms with Crippen LogP contribution in [-0.2, 0) is 4.74 Å². The Bertz CT molecular complexity index is 845. The maximum atomic E-state index is 5.42. The number of ether oxygens (including phenoxy) is 1. The molecule has 0 saturated carbocycles. The van der Waals surface area contributed by atoms with Crippen LogP contribution in [0.1, 0.15) is 0 Å². The SMILES string of the molecule is CSc1nc(Nc2ccc3[nH]ncc3c2)cc(N2CCOCC2)n1. The number of aromatic amines is 1. The topological polar surface area (TPSA) is 79.0 Å². The van der Waals surface area contributed by atoms with Crippen LogP contribution in [0, 0.1) is 0 Å². The molecule has 3 aromatic rings.